The Balaban J connectivity index is 2.18. The van der Waals surface area contributed by atoms with Crippen LogP contribution in [0.15, 0.2) is 12.4 Å². The van der Waals surface area contributed by atoms with Crippen LogP contribution in [0, 0.1) is 0 Å². The van der Waals surface area contributed by atoms with Crippen LogP contribution in [-0.2, 0) is 10.1 Å². The van der Waals surface area contributed by atoms with E-state index in [0.29, 0.717) is 13.1 Å². The Bertz CT molecular complexity index is 423. The molecule has 22 heavy (non-hydrogen) atoms. The molecular formula is C16H32N2O3S. The maximum atomic E-state index is 11.6. The zero-order chi connectivity index (χ0) is 16.4. The normalized spacial score (nSPS) is 16.5. The molecule has 0 aliphatic carbocycles. The van der Waals surface area contributed by atoms with Gasteiger partial charge < -0.3 is 9.80 Å². The van der Waals surface area contributed by atoms with Gasteiger partial charge in [-0.3, -0.25) is 4.55 Å². The van der Waals surface area contributed by atoms with Crippen molar-refractivity contribution in [1.82, 2.24) is 9.80 Å². The van der Waals surface area contributed by atoms with E-state index in [1.165, 1.54) is 38.5 Å². The van der Waals surface area contributed by atoms with Gasteiger partial charge in [-0.05, 0) is 6.42 Å². The maximum Gasteiger partial charge on any atom is 0.286 e. The van der Waals surface area contributed by atoms with E-state index in [0.717, 1.165) is 19.3 Å². The molecule has 0 amide bonds. The Morgan fingerprint density at radius 1 is 1.00 bits per heavy atom. The largest absolute Gasteiger partial charge is 0.362 e. The number of rotatable bonds is 12. The summed E-state index contributed by atoms with van der Waals surface area (Å²) in [4.78, 5) is 3.59. The van der Waals surface area contributed by atoms with Crippen molar-refractivity contribution in [3.05, 3.63) is 12.4 Å². The summed E-state index contributed by atoms with van der Waals surface area (Å²) in [6, 6.07) is 0. The lowest BCUT2D eigenvalue weighted by Crippen LogP contribution is -2.38. The first kappa shape index (κ1) is 19.3. The fourth-order valence-corrected chi connectivity index (χ4v) is 3.80. The van der Waals surface area contributed by atoms with E-state index in [4.69, 9.17) is 0 Å². The second-order valence-electron chi connectivity index (χ2n) is 6.30. The molecule has 5 nitrogen and oxygen atoms in total. The summed E-state index contributed by atoms with van der Waals surface area (Å²) < 4.78 is 32.5. The second-order valence-corrected chi connectivity index (χ2v) is 7.87. The summed E-state index contributed by atoms with van der Waals surface area (Å²) in [6.07, 6.45) is 14.8. The first-order valence-electron chi connectivity index (χ1n) is 8.55. The summed E-state index contributed by atoms with van der Waals surface area (Å²) in [7, 11) is -2.15. The van der Waals surface area contributed by atoms with Gasteiger partial charge in [-0.15, -0.1) is 0 Å². The first-order chi connectivity index (χ1) is 10.4. The minimum absolute atomic E-state index is 0.493. The SMILES string of the molecule is CCCCCCCCCCCC(N1C=CN(C)C1)S(=O)(=O)O. The highest BCUT2D eigenvalue weighted by molar-refractivity contribution is 7.86. The zero-order valence-corrected chi connectivity index (χ0v) is 14.9. The van der Waals surface area contributed by atoms with Crippen molar-refractivity contribution >= 4 is 10.1 Å². The molecule has 0 radical (unpaired) electrons. The highest BCUT2D eigenvalue weighted by Crippen LogP contribution is 2.20. The number of nitrogens with zero attached hydrogens (tertiary/aromatic N) is 2. The molecule has 0 aromatic heterocycles. The lowest BCUT2D eigenvalue weighted by Gasteiger charge is -2.26. The van der Waals surface area contributed by atoms with Crippen molar-refractivity contribution in [2.75, 3.05) is 13.7 Å². The van der Waals surface area contributed by atoms with Crippen molar-refractivity contribution in [3.63, 3.8) is 0 Å². The smallest absolute Gasteiger partial charge is 0.286 e. The number of unbranched alkanes of at least 4 members (excludes halogenated alkanes) is 8. The molecule has 0 aromatic carbocycles. The van der Waals surface area contributed by atoms with E-state index in [1.807, 2.05) is 18.1 Å². The number of hydrogen-bond donors (Lipinski definition) is 1. The zero-order valence-electron chi connectivity index (χ0n) is 14.1. The van der Waals surface area contributed by atoms with Gasteiger partial charge in [0.2, 0.25) is 0 Å². The molecule has 0 spiro atoms. The molecule has 1 N–H and O–H groups in total. The molecule has 1 unspecified atom stereocenters. The Morgan fingerprint density at radius 2 is 1.55 bits per heavy atom. The van der Waals surface area contributed by atoms with Gasteiger partial charge in [0, 0.05) is 19.4 Å². The van der Waals surface area contributed by atoms with Gasteiger partial charge in [0.25, 0.3) is 10.1 Å². The van der Waals surface area contributed by atoms with Crippen LogP contribution in [0.25, 0.3) is 0 Å². The molecule has 1 heterocycles. The van der Waals surface area contributed by atoms with E-state index in [2.05, 4.69) is 6.92 Å². The van der Waals surface area contributed by atoms with Crippen LogP contribution in [0.3, 0.4) is 0 Å². The van der Waals surface area contributed by atoms with Gasteiger partial charge in [-0.2, -0.15) is 8.42 Å². The van der Waals surface area contributed by atoms with Gasteiger partial charge in [0.1, 0.15) is 0 Å². The van der Waals surface area contributed by atoms with Gasteiger partial charge >= 0.3 is 0 Å². The van der Waals surface area contributed by atoms with Gasteiger partial charge in [-0.1, -0.05) is 64.7 Å². The molecule has 6 heteroatoms. The van der Waals surface area contributed by atoms with E-state index < -0.39 is 15.5 Å². The minimum Gasteiger partial charge on any atom is -0.362 e. The molecule has 0 fully saturated rings. The fourth-order valence-electron chi connectivity index (χ4n) is 2.85. The highest BCUT2D eigenvalue weighted by atomic mass is 32.2. The average Bonchev–Trinajstić information content (AvgIpc) is 2.85. The average molecular weight is 333 g/mol. The van der Waals surface area contributed by atoms with E-state index >= 15 is 0 Å². The Labute approximate surface area is 136 Å². The minimum atomic E-state index is -4.03. The maximum absolute atomic E-state index is 11.6. The van der Waals surface area contributed by atoms with Crippen molar-refractivity contribution in [2.45, 2.75) is 76.5 Å². The summed E-state index contributed by atoms with van der Waals surface area (Å²) in [5, 5.41) is -0.807. The lowest BCUT2D eigenvalue weighted by molar-refractivity contribution is 0.253. The Hall–Kier alpha value is -0.750. The van der Waals surface area contributed by atoms with Crippen LogP contribution in [0.5, 0.6) is 0 Å². The van der Waals surface area contributed by atoms with E-state index in [-0.39, 0.29) is 0 Å². The van der Waals surface area contributed by atoms with Crippen LogP contribution in [-0.4, -0.2) is 41.9 Å². The molecule has 0 aromatic rings. The van der Waals surface area contributed by atoms with Crippen LogP contribution in [0.2, 0.25) is 0 Å². The molecular weight excluding hydrogens is 300 g/mol. The Morgan fingerprint density at radius 3 is 2.00 bits per heavy atom. The van der Waals surface area contributed by atoms with Crippen molar-refractivity contribution < 1.29 is 13.0 Å². The topological polar surface area (TPSA) is 60.9 Å². The standard InChI is InChI=1S/C16H32N2O3S/c1-3-4-5-6-7-8-9-10-11-12-16(22(19,20)21)18-14-13-17(2)15-18/h13-14,16H,3-12,15H2,1-2H3,(H,19,20,21). The summed E-state index contributed by atoms with van der Waals surface area (Å²) in [6.45, 7) is 2.74. The molecule has 130 valence electrons. The molecule has 0 saturated carbocycles. The summed E-state index contributed by atoms with van der Waals surface area (Å²) in [5.74, 6) is 0. The molecule has 0 saturated heterocycles. The van der Waals surface area contributed by atoms with Crippen LogP contribution in [0.1, 0.15) is 71.1 Å². The molecule has 1 rings (SSSR count). The fraction of sp³-hybridized carbons (Fsp3) is 0.875. The summed E-state index contributed by atoms with van der Waals surface area (Å²) in [5.41, 5.74) is 0. The lowest BCUT2D eigenvalue weighted by atomic mass is 10.1. The third-order valence-corrected chi connectivity index (χ3v) is 5.36. The summed E-state index contributed by atoms with van der Waals surface area (Å²) >= 11 is 0. The molecule has 1 atom stereocenters. The van der Waals surface area contributed by atoms with Gasteiger partial charge in [0.15, 0.2) is 5.37 Å². The quantitative estimate of drug-likeness (QED) is 0.435. The Kier molecular flexibility index (Phi) is 8.86. The van der Waals surface area contributed by atoms with Gasteiger partial charge in [-0.25, -0.2) is 0 Å². The van der Waals surface area contributed by atoms with Crippen molar-refractivity contribution in [3.8, 4) is 0 Å². The first-order valence-corrected chi connectivity index (χ1v) is 10.1. The van der Waals surface area contributed by atoms with E-state index in [1.54, 1.807) is 11.1 Å². The molecule has 1 aliphatic rings. The predicted molar refractivity (Wildman–Crippen MR) is 90.8 cm³/mol. The monoisotopic (exact) mass is 332 g/mol. The van der Waals surface area contributed by atoms with Crippen molar-refractivity contribution in [2.24, 2.45) is 0 Å². The van der Waals surface area contributed by atoms with Crippen LogP contribution >= 0.6 is 0 Å². The second kappa shape index (κ2) is 10.1. The van der Waals surface area contributed by atoms with Crippen molar-refractivity contribution in [1.29, 1.82) is 0 Å². The molecule has 0 bridgehead atoms. The number of hydrogen-bond acceptors (Lipinski definition) is 4. The van der Waals surface area contributed by atoms with Gasteiger partial charge in [0.05, 0.1) is 6.67 Å². The highest BCUT2D eigenvalue weighted by Gasteiger charge is 2.29. The third kappa shape index (κ3) is 7.49. The van der Waals surface area contributed by atoms with Crippen LogP contribution < -0.4 is 0 Å². The van der Waals surface area contributed by atoms with E-state index in [9.17, 15) is 13.0 Å². The third-order valence-electron chi connectivity index (χ3n) is 4.17. The predicted octanol–water partition coefficient (Wildman–Crippen LogP) is 3.80. The van der Waals surface area contributed by atoms with Crippen LogP contribution in [0.4, 0.5) is 0 Å². The molecule has 1 aliphatic heterocycles.